The molecule has 3 heterocycles. The van der Waals surface area contributed by atoms with Crippen molar-refractivity contribution in [1.29, 1.82) is 0 Å². The predicted octanol–water partition coefficient (Wildman–Crippen LogP) is 0.910. The highest BCUT2D eigenvalue weighted by atomic mass is 16.5. The smallest absolute Gasteiger partial charge is 0.333 e. The van der Waals surface area contributed by atoms with Crippen LogP contribution in [0.4, 0.5) is 0 Å². The Morgan fingerprint density at radius 1 is 1.23 bits per heavy atom. The van der Waals surface area contributed by atoms with E-state index in [-0.39, 0.29) is 11.6 Å². The summed E-state index contributed by atoms with van der Waals surface area (Å²) in [5.74, 6) is -0.0401. The molecule has 0 bridgehead atoms. The van der Waals surface area contributed by atoms with E-state index in [2.05, 4.69) is 28.1 Å². The van der Waals surface area contributed by atoms with Crippen molar-refractivity contribution in [2.24, 2.45) is 7.05 Å². The zero-order valence-electron chi connectivity index (χ0n) is 15.9. The molecule has 0 aliphatic carbocycles. The first-order valence-electron chi connectivity index (χ1n) is 8.50. The molecule has 0 saturated carbocycles. The fourth-order valence-corrected chi connectivity index (χ4v) is 3.32. The monoisotopic (exact) mass is 361 g/mol. The molecule has 3 rings (SSSR count). The number of aryl methyl sites for hydroxylation is 2. The van der Waals surface area contributed by atoms with Gasteiger partial charge in [-0.15, -0.1) is 0 Å². The molecule has 0 aliphatic rings. The average molecular weight is 361 g/mol. The van der Waals surface area contributed by atoms with E-state index in [0.717, 1.165) is 22.4 Å². The summed E-state index contributed by atoms with van der Waals surface area (Å²) in [6.45, 7) is 7.63. The average Bonchev–Trinajstić information content (AvgIpc) is 3.12. The predicted molar refractivity (Wildman–Crippen MR) is 96.7 cm³/mol. The molecule has 26 heavy (non-hydrogen) atoms. The number of hydrogen-bond donors (Lipinski definition) is 0. The van der Waals surface area contributed by atoms with Gasteiger partial charge < -0.3 is 9.30 Å². The molecular formula is C17H23N5O4. The van der Waals surface area contributed by atoms with Crippen LogP contribution in [-0.4, -0.2) is 36.2 Å². The molecule has 140 valence electrons. The molecular weight excluding hydrogens is 338 g/mol. The quantitative estimate of drug-likeness (QED) is 0.644. The van der Waals surface area contributed by atoms with Gasteiger partial charge in [-0.3, -0.25) is 18.6 Å². The number of nitrogens with zero attached hydrogens (tertiary/aromatic N) is 5. The van der Waals surface area contributed by atoms with Gasteiger partial charge in [0.25, 0.3) is 5.56 Å². The van der Waals surface area contributed by atoms with Gasteiger partial charge in [0.15, 0.2) is 11.2 Å². The first-order valence-corrected chi connectivity index (χ1v) is 8.50. The van der Waals surface area contributed by atoms with Gasteiger partial charge in [-0.1, -0.05) is 6.92 Å². The fraction of sp³-hybridized carbons (Fsp3) is 0.529. The zero-order valence-corrected chi connectivity index (χ0v) is 15.9. The maximum Gasteiger partial charge on any atom is 0.333 e. The molecule has 1 atom stereocenters. The molecule has 0 aromatic carbocycles. The first kappa shape index (κ1) is 18.0. The van der Waals surface area contributed by atoms with E-state index in [9.17, 15) is 14.4 Å². The van der Waals surface area contributed by atoms with Crippen LogP contribution in [0.5, 0.6) is 0 Å². The highest BCUT2D eigenvalue weighted by Gasteiger charge is 2.24. The molecule has 0 radical (unpaired) electrons. The standard InChI is InChI=1S/C17H23N5O4/c1-7-9(2)21-10(3)11(4)22-13-14(18-16(21)22)19(5)17(25)20(15(13)24)8-12(23)26-6/h9H,7-8H2,1-6H3/t9-/m1/s1. The highest BCUT2D eigenvalue weighted by molar-refractivity contribution is 5.77. The second-order valence-electron chi connectivity index (χ2n) is 6.53. The third-order valence-corrected chi connectivity index (χ3v) is 5.11. The van der Waals surface area contributed by atoms with Crippen molar-refractivity contribution >= 4 is 22.9 Å². The number of carbonyl (C=O) groups excluding carboxylic acids is 1. The Balaban J connectivity index is 2.49. The lowest BCUT2D eigenvalue weighted by Crippen LogP contribution is -2.41. The van der Waals surface area contributed by atoms with Crippen LogP contribution in [0.3, 0.4) is 0 Å². The van der Waals surface area contributed by atoms with Gasteiger partial charge in [-0.2, -0.15) is 4.98 Å². The van der Waals surface area contributed by atoms with Crippen molar-refractivity contribution in [3.05, 3.63) is 32.2 Å². The summed E-state index contributed by atoms with van der Waals surface area (Å²) >= 11 is 0. The van der Waals surface area contributed by atoms with Crippen molar-refractivity contribution < 1.29 is 9.53 Å². The minimum absolute atomic E-state index is 0.192. The summed E-state index contributed by atoms with van der Waals surface area (Å²) in [5.41, 5.74) is 1.33. The van der Waals surface area contributed by atoms with Crippen LogP contribution < -0.4 is 11.2 Å². The van der Waals surface area contributed by atoms with Gasteiger partial charge in [0.2, 0.25) is 5.78 Å². The largest absolute Gasteiger partial charge is 0.468 e. The Labute approximate surface area is 149 Å². The number of carbonyl (C=O) groups is 1. The van der Waals surface area contributed by atoms with Crippen LogP contribution in [0.1, 0.15) is 37.7 Å². The van der Waals surface area contributed by atoms with E-state index in [1.807, 2.05) is 13.8 Å². The van der Waals surface area contributed by atoms with Crippen molar-refractivity contribution in [3.8, 4) is 0 Å². The second kappa shape index (κ2) is 6.15. The first-order chi connectivity index (χ1) is 12.2. The summed E-state index contributed by atoms with van der Waals surface area (Å²) < 4.78 is 10.6. The van der Waals surface area contributed by atoms with Crippen LogP contribution in [-0.2, 0) is 23.1 Å². The molecule has 0 amide bonds. The Bertz CT molecular complexity index is 1140. The van der Waals surface area contributed by atoms with Crippen molar-refractivity contribution in [2.75, 3.05) is 7.11 Å². The van der Waals surface area contributed by atoms with Crippen molar-refractivity contribution in [2.45, 2.75) is 46.7 Å². The molecule has 0 fully saturated rings. The van der Waals surface area contributed by atoms with Gasteiger partial charge in [0, 0.05) is 24.5 Å². The molecule has 3 aromatic rings. The van der Waals surface area contributed by atoms with Crippen LogP contribution in [0.25, 0.3) is 16.9 Å². The minimum atomic E-state index is -0.658. The Morgan fingerprint density at radius 3 is 2.46 bits per heavy atom. The number of methoxy groups -OCH3 is 1. The van der Waals surface area contributed by atoms with E-state index >= 15 is 0 Å². The third kappa shape index (κ3) is 2.30. The minimum Gasteiger partial charge on any atom is -0.468 e. The van der Waals surface area contributed by atoms with E-state index < -0.39 is 23.8 Å². The van der Waals surface area contributed by atoms with E-state index in [4.69, 9.17) is 0 Å². The van der Waals surface area contributed by atoms with Gasteiger partial charge in [-0.25, -0.2) is 9.36 Å². The van der Waals surface area contributed by atoms with Crippen LogP contribution in [0.15, 0.2) is 9.59 Å². The Kier molecular flexibility index (Phi) is 4.25. The summed E-state index contributed by atoms with van der Waals surface area (Å²) in [6.07, 6.45) is 0.902. The summed E-state index contributed by atoms with van der Waals surface area (Å²) in [5, 5.41) is 0. The molecule has 9 heteroatoms. The molecule has 0 N–H and O–H groups in total. The SMILES string of the molecule is CC[C@@H](C)n1c(C)c(C)n2c3c(=O)n(CC(=O)OC)c(=O)n(C)c3nc12. The second-order valence-corrected chi connectivity index (χ2v) is 6.53. The lowest BCUT2D eigenvalue weighted by atomic mass is 10.2. The van der Waals surface area contributed by atoms with Crippen LogP contribution in [0, 0.1) is 13.8 Å². The third-order valence-electron chi connectivity index (χ3n) is 5.11. The van der Waals surface area contributed by atoms with Gasteiger partial charge in [-0.05, 0) is 27.2 Å². The highest BCUT2D eigenvalue weighted by Crippen LogP contribution is 2.25. The van der Waals surface area contributed by atoms with Crippen molar-refractivity contribution in [3.63, 3.8) is 0 Å². The number of imidazole rings is 2. The zero-order chi connectivity index (χ0) is 19.3. The normalized spacial score (nSPS) is 12.8. The van der Waals surface area contributed by atoms with E-state index in [1.165, 1.54) is 11.7 Å². The maximum atomic E-state index is 13.0. The number of hydrogen-bond acceptors (Lipinski definition) is 5. The number of aromatic nitrogens is 5. The van der Waals surface area contributed by atoms with E-state index in [0.29, 0.717) is 11.4 Å². The summed E-state index contributed by atoms with van der Waals surface area (Å²) in [4.78, 5) is 41.8. The maximum absolute atomic E-state index is 13.0. The number of esters is 1. The summed E-state index contributed by atoms with van der Waals surface area (Å²) in [7, 11) is 2.76. The molecule has 0 unspecified atom stereocenters. The van der Waals surface area contributed by atoms with Gasteiger partial charge >= 0.3 is 11.7 Å². The lowest BCUT2D eigenvalue weighted by molar-refractivity contribution is -0.141. The fourth-order valence-electron chi connectivity index (χ4n) is 3.32. The number of rotatable bonds is 4. The number of fused-ring (bicyclic) bond motifs is 3. The molecule has 0 spiro atoms. The number of ether oxygens (including phenoxy) is 1. The molecule has 3 aromatic heterocycles. The van der Waals surface area contributed by atoms with Gasteiger partial charge in [0.05, 0.1) is 7.11 Å². The Morgan fingerprint density at radius 2 is 1.88 bits per heavy atom. The lowest BCUT2D eigenvalue weighted by Gasteiger charge is -2.13. The van der Waals surface area contributed by atoms with E-state index in [1.54, 1.807) is 11.4 Å². The summed E-state index contributed by atoms with van der Waals surface area (Å²) in [6, 6.07) is 0.192. The topological polar surface area (TPSA) is 92.5 Å². The van der Waals surface area contributed by atoms with Crippen LogP contribution >= 0.6 is 0 Å². The van der Waals surface area contributed by atoms with Crippen LogP contribution in [0.2, 0.25) is 0 Å². The molecule has 0 saturated heterocycles. The van der Waals surface area contributed by atoms with Gasteiger partial charge in [0.1, 0.15) is 6.54 Å². The molecule has 0 aliphatic heterocycles. The molecule has 9 nitrogen and oxygen atoms in total. The Hall–Kier alpha value is -2.84. The van der Waals surface area contributed by atoms with Crippen molar-refractivity contribution in [1.82, 2.24) is 23.1 Å².